The second-order valence-electron chi connectivity index (χ2n) is 5.49. The van der Waals surface area contributed by atoms with E-state index in [1.54, 1.807) is 0 Å². The zero-order chi connectivity index (χ0) is 14.0. The Balaban J connectivity index is 1.94. The van der Waals surface area contributed by atoms with Crippen molar-refractivity contribution in [3.8, 4) is 0 Å². The van der Waals surface area contributed by atoms with E-state index >= 15 is 0 Å². The van der Waals surface area contributed by atoms with Gasteiger partial charge in [0.15, 0.2) is 0 Å². The smallest absolute Gasteiger partial charge is 0.407 e. The topological polar surface area (TPSA) is 50.7 Å². The Kier molecular flexibility index (Phi) is 3.94. The number of amides is 1. The molecule has 0 spiro atoms. The number of carbonyl (C=O) groups is 1. The number of alkyl carbamates (subject to hydrolysis) is 1. The lowest BCUT2D eigenvalue weighted by atomic mass is 10.1. The fraction of sp³-hybridized carbons (Fsp3) is 0.429. The molecule has 0 aliphatic carbocycles. The van der Waals surface area contributed by atoms with Gasteiger partial charge in [-0.1, -0.05) is 22.0 Å². The number of ether oxygens (including phenoxy) is 1. The van der Waals surface area contributed by atoms with Gasteiger partial charge in [0.1, 0.15) is 11.6 Å². The average Bonchev–Trinajstić information content (AvgIpc) is 3.07. The number of nitrogens with one attached hydrogen (secondary N) is 1. The minimum atomic E-state index is -0.478. The summed E-state index contributed by atoms with van der Waals surface area (Å²) in [7, 11) is 0. The van der Waals surface area contributed by atoms with Gasteiger partial charge in [-0.2, -0.15) is 0 Å². The number of carbonyl (C=O) groups excluding carboxylic acids is 1. The standard InChI is InChI=1S/C14H17BrN2O2/c1-14(2,3)19-13(18)17-7-9-4-10(12-8-16-12)6-11(15)5-9/h4-6,8,12H,7H2,1-3H3,(H,17,18). The van der Waals surface area contributed by atoms with E-state index in [0.717, 1.165) is 15.6 Å². The molecule has 0 radical (unpaired) electrons. The van der Waals surface area contributed by atoms with E-state index in [2.05, 4.69) is 26.2 Å². The minimum Gasteiger partial charge on any atom is -0.444 e. The molecule has 102 valence electrons. The van der Waals surface area contributed by atoms with Gasteiger partial charge in [-0.05, 0) is 44.0 Å². The predicted molar refractivity (Wildman–Crippen MR) is 78.4 cm³/mol. The molecule has 1 atom stereocenters. The molecule has 0 bridgehead atoms. The summed E-state index contributed by atoms with van der Waals surface area (Å²) in [5, 5.41) is 2.75. The SMILES string of the molecule is CC(C)(C)OC(=O)NCc1cc(Br)cc(C2C=N2)c1. The molecule has 0 saturated heterocycles. The molecule has 1 aromatic rings. The molecular formula is C14H17BrN2O2. The highest BCUT2D eigenvalue weighted by Gasteiger charge is 2.18. The van der Waals surface area contributed by atoms with Crippen LogP contribution >= 0.6 is 15.9 Å². The first-order valence-corrected chi connectivity index (χ1v) is 6.92. The number of halogens is 1. The van der Waals surface area contributed by atoms with Crippen LogP contribution in [0.2, 0.25) is 0 Å². The van der Waals surface area contributed by atoms with Gasteiger partial charge in [0.2, 0.25) is 0 Å². The highest BCUT2D eigenvalue weighted by atomic mass is 79.9. The molecule has 0 aromatic heterocycles. The Morgan fingerprint density at radius 1 is 1.42 bits per heavy atom. The third-order valence-electron chi connectivity index (χ3n) is 2.46. The Morgan fingerprint density at radius 2 is 2.11 bits per heavy atom. The quantitative estimate of drug-likeness (QED) is 0.923. The molecule has 19 heavy (non-hydrogen) atoms. The van der Waals surface area contributed by atoms with Crippen LogP contribution in [-0.2, 0) is 11.3 Å². The summed E-state index contributed by atoms with van der Waals surface area (Å²) < 4.78 is 6.18. The van der Waals surface area contributed by atoms with E-state index in [1.807, 2.05) is 45.2 Å². The van der Waals surface area contributed by atoms with Crippen LogP contribution in [0.3, 0.4) is 0 Å². The maximum Gasteiger partial charge on any atom is 0.407 e. The summed E-state index contributed by atoms with van der Waals surface area (Å²) in [4.78, 5) is 15.7. The van der Waals surface area contributed by atoms with E-state index in [0.29, 0.717) is 6.54 Å². The molecule has 1 aromatic carbocycles. The van der Waals surface area contributed by atoms with Crippen molar-refractivity contribution in [1.82, 2.24) is 5.32 Å². The molecule has 5 heteroatoms. The van der Waals surface area contributed by atoms with Gasteiger partial charge in [0.25, 0.3) is 0 Å². The maximum absolute atomic E-state index is 11.6. The first-order chi connectivity index (χ1) is 8.83. The summed E-state index contributed by atoms with van der Waals surface area (Å²) in [6.07, 6.45) is 1.49. The zero-order valence-electron chi connectivity index (χ0n) is 11.2. The molecule has 2 rings (SSSR count). The van der Waals surface area contributed by atoms with Crippen molar-refractivity contribution in [3.63, 3.8) is 0 Å². The maximum atomic E-state index is 11.6. The number of nitrogens with zero attached hydrogens (tertiary/aromatic N) is 1. The second kappa shape index (κ2) is 5.33. The van der Waals surface area contributed by atoms with Crippen LogP contribution < -0.4 is 5.32 Å². The molecule has 1 N–H and O–H groups in total. The van der Waals surface area contributed by atoms with Crippen LogP contribution in [0.4, 0.5) is 4.79 Å². The van der Waals surface area contributed by atoms with Gasteiger partial charge in [-0.15, -0.1) is 0 Å². The lowest BCUT2D eigenvalue weighted by molar-refractivity contribution is 0.0523. The molecule has 0 saturated carbocycles. The number of hydrogen-bond acceptors (Lipinski definition) is 3. The van der Waals surface area contributed by atoms with Crippen LogP contribution in [0, 0.1) is 0 Å². The van der Waals surface area contributed by atoms with Crippen molar-refractivity contribution < 1.29 is 9.53 Å². The third-order valence-corrected chi connectivity index (χ3v) is 2.91. The van der Waals surface area contributed by atoms with E-state index in [1.165, 1.54) is 0 Å². The van der Waals surface area contributed by atoms with Gasteiger partial charge in [0, 0.05) is 17.2 Å². The van der Waals surface area contributed by atoms with Gasteiger partial charge in [-0.3, -0.25) is 4.99 Å². The highest BCUT2D eigenvalue weighted by molar-refractivity contribution is 9.10. The van der Waals surface area contributed by atoms with Crippen LogP contribution in [-0.4, -0.2) is 17.9 Å². The Hall–Kier alpha value is -1.36. The van der Waals surface area contributed by atoms with Crippen molar-refractivity contribution >= 4 is 28.2 Å². The molecule has 1 heterocycles. The Labute approximate surface area is 121 Å². The van der Waals surface area contributed by atoms with Gasteiger partial charge in [-0.25, -0.2) is 4.79 Å². The fourth-order valence-corrected chi connectivity index (χ4v) is 2.21. The van der Waals surface area contributed by atoms with Gasteiger partial charge in [0.05, 0.1) is 0 Å². The lowest BCUT2D eigenvalue weighted by Crippen LogP contribution is -2.32. The first-order valence-electron chi connectivity index (χ1n) is 6.13. The number of benzene rings is 1. The van der Waals surface area contributed by atoms with Crippen LogP contribution in [0.15, 0.2) is 27.7 Å². The molecule has 1 aliphatic heterocycles. The van der Waals surface area contributed by atoms with Gasteiger partial charge < -0.3 is 10.1 Å². The fourth-order valence-electron chi connectivity index (χ4n) is 1.65. The van der Waals surface area contributed by atoms with E-state index < -0.39 is 11.7 Å². The van der Waals surface area contributed by atoms with Crippen molar-refractivity contribution in [1.29, 1.82) is 0 Å². The summed E-state index contributed by atoms with van der Waals surface area (Å²) >= 11 is 3.47. The predicted octanol–water partition coefficient (Wildman–Crippen LogP) is 3.60. The summed E-state index contributed by atoms with van der Waals surface area (Å²) in [5.41, 5.74) is 1.68. The van der Waals surface area contributed by atoms with Crippen molar-refractivity contribution in [2.24, 2.45) is 4.99 Å². The normalized spacial score (nSPS) is 17.2. The van der Waals surface area contributed by atoms with E-state index in [9.17, 15) is 4.79 Å². The number of rotatable bonds is 3. The average molecular weight is 325 g/mol. The first kappa shape index (κ1) is 14.1. The monoisotopic (exact) mass is 324 g/mol. The zero-order valence-corrected chi connectivity index (χ0v) is 12.8. The summed E-state index contributed by atoms with van der Waals surface area (Å²) in [6.45, 7) is 5.96. The number of aliphatic imine (C=N–C) groups is 1. The van der Waals surface area contributed by atoms with Crippen LogP contribution in [0.25, 0.3) is 0 Å². The van der Waals surface area contributed by atoms with E-state index in [-0.39, 0.29) is 6.04 Å². The summed E-state index contributed by atoms with van der Waals surface area (Å²) in [6, 6.07) is 6.26. The Morgan fingerprint density at radius 3 is 2.68 bits per heavy atom. The molecule has 1 aliphatic rings. The molecule has 1 unspecified atom stereocenters. The number of hydrogen-bond donors (Lipinski definition) is 1. The molecule has 4 nitrogen and oxygen atoms in total. The molecule has 1 amide bonds. The Bertz CT molecular complexity index is 515. The molecule has 0 fully saturated rings. The highest BCUT2D eigenvalue weighted by Crippen LogP contribution is 2.28. The van der Waals surface area contributed by atoms with Crippen LogP contribution in [0.1, 0.15) is 37.9 Å². The van der Waals surface area contributed by atoms with Crippen molar-refractivity contribution in [2.75, 3.05) is 0 Å². The van der Waals surface area contributed by atoms with Crippen molar-refractivity contribution in [2.45, 2.75) is 39.0 Å². The third kappa shape index (κ3) is 4.67. The van der Waals surface area contributed by atoms with Crippen LogP contribution in [0.5, 0.6) is 0 Å². The minimum absolute atomic E-state index is 0.206. The molecular weight excluding hydrogens is 308 g/mol. The summed E-state index contributed by atoms with van der Waals surface area (Å²) in [5.74, 6) is 0. The largest absolute Gasteiger partial charge is 0.444 e. The van der Waals surface area contributed by atoms with Gasteiger partial charge >= 0.3 is 6.09 Å². The second-order valence-corrected chi connectivity index (χ2v) is 6.41. The van der Waals surface area contributed by atoms with Crippen molar-refractivity contribution in [3.05, 3.63) is 33.8 Å². The van der Waals surface area contributed by atoms with E-state index in [4.69, 9.17) is 4.74 Å². The lowest BCUT2D eigenvalue weighted by Gasteiger charge is -2.19.